The second kappa shape index (κ2) is 7.47. The van der Waals surface area contributed by atoms with Gasteiger partial charge in [0.05, 0.1) is 17.0 Å². The number of nitrogens with zero attached hydrogens (tertiary/aromatic N) is 1. The number of ketones is 2. The first kappa shape index (κ1) is 23.5. The van der Waals surface area contributed by atoms with Crippen LogP contribution < -0.4 is 5.73 Å². The Morgan fingerprint density at radius 3 is 2.41 bits per heavy atom. The van der Waals surface area contributed by atoms with Gasteiger partial charge in [0.2, 0.25) is 5.78 Å². The van der Waals surface area contributed by atoms with Gasteiger partial charge in [0.25, 0.3) is 5.91 Å². The fourth-order valence-corrected chi connectivity index (χ4v) is 4.96. The highest BCUT2D eigenvalue weighted by Gasteiger charge is 2.62. The van der Waals surface area contributed by atoms with Crippen molar-refractivity contribution >= 4 is 39.8 Å². The molecular formula is C22H23ClN2O7. The summed E-state index contributed by atoms with van der Waals surface area (Å²) in [7, 11) is 3.05. The molecule has 2 aromatic rings. The number of carbonyl (C=O) groups is 3. The van der Waals surface area contributed by atoms with Crippen LogP contribution in [-0.2, 0) is 16.0 Å². The normalized spacial score (nSPS) is 24.9. The van der Waals surface area contributed by atoms with Gasteiger partial charge >= 0.3 is 0 Å². The number of hydrogen-bond donors (Lipinski definition) is 5. The van der Waals surface area contributed by atoms with E-state index in [1.165, 1.54) is 37.2 Å². The number of likely N-dealkylation sites (N-methyl/N-ethyl adjacent to an activating group) is 1. The number of halogens is 1. The Hall–Kier alpha value is -3.14. The number of Topliss-reactive ketones (excluding diaryl/α,β-unsaturated/α-hetero) is 2. The molecule has 0 fully saturated rings. The molecule has 1 amide bonds. The van der Waals surface area contributed by atoms with Crippen LogP contribution in [-0.4, -0.2) is 68.5 Å². The molecule has 9 nitrogen and oxygen atoms in total. The molecule has 2 aliphatic rings. The Labute approximate surface area is 188 Å². The van der Waals surface area contributed by atoms with E-state index in [-0.39, 0.29) is 46.5 Å². The first-order valence-electron chi connectivity index (χ1n) is 9.30. The quantitative estimate of drug-likeness (QED) is 0.419. The van der Waals surface area contributed by atoms with E-state index in [9.17, 15) is 34.8 Å². The molecule has 4 rings (SSSR count). The molecule has 0 aromatic heterocycles. The highest BCUT2D eigenvalue weighted by molar-refractivity contribution is 6.36. The molecule has 0 saturated heterocycles. The van der Waals surface area contributed by atoms with Crippen molar-refractivity contribution in [3.63, 3.8) is 0 Å². The fraction of sp³-hybridized carbons (Fsp3) is 0.318. The summed E-state index contributed by atoms with van der Waals surface area (Å²) in [5.74, 6) is -6.51. The lowest BCUT2D eigenvalue weighted by atomic mass is 9.62. The topological polar surface area (TPSA) is 161 Å². The van der Waals surface area contributed by atoms with Crippen LogP contribution in [0.25, 0.3) is 10.8 Å². The SMILES string of the molecule is C.CN(C)[C@@H]1C(=O)C(C(N)=O)=C(O)[C@@]2(O)C(=O)c3c(cc4c(Cl)ccc(O)c4c3O)C[C@@H]12. The second-order valence-corrected chi connectivity index (χ2v) is 8.42. The summed E-state index contributed by atoms with van der Waals surface area (Å²) in [5.41, 5.74) is 1.64. The van der Waals surface area contributed by atoms with E-state index < -0.39 is 52.1 Å². The number of phenols is 2. The summed E-state index contributed by atoms with van der Waals surface area (Å²) in [5, 5.41) is 43.5. The molecular weight excluding hydrogens is 440 g/mol. The molecule has 10 heteroatoms. The van der Waals surface area contributed by atoms with E-state index in [1.54, 1.807) is 0 Å². The van der Waals surface area contributed by atoms with Gasteiger partial charge in [0, 0.05) is 16.3 Å². The molecule has 2 aromatic carbocycles. The van der Waals surface area contributed by atoms with Crippen molar-refractivity contribution in [1.29, 1.82) is 0 Å². The largest absolute Gasteiger partial charge is 0.508 e. The van der Waals surface area contributed by atoms with E-state index in [0.29, 0.717) is 0 Å². The lowest BCUT2D eigenvalue weighted by molar-refractivity contribution is -0.132. The average Bonchev–Trinajstić information content (AvgIpc) is 2.67. The number of benzene rings is 2. The van der Waals surface area contributed by atoms with E-state index in [1.807, 2.05) is 0 Å². The minimum atomic E-state index is -2.68. The highest BCUT2D eigenvalue weighted by atomic mass is 35.5. The zero-order valence-electron chi connectivity index (χ0n) is 16.5. The molecule has 170 valence electrons. The van der Waals surface area contributed by atoms with Gasteiger partial charge in [-0.2, -0.15) is 0 Å². The first-order valence-corrected chi connectivity index (χ1v) is 9.68. The molecule has 0 heterocycles. The third-order valence-corrected chi connectivity index (χ3v) is 6.46. The maximum atomic E-state index is 13.5. The van der Waals surface area contributed by atoms with Crippen molar-refractivity contribution in [1.82, 2.24) is 4.90 Å². The minimum Gasteiger partial charge on any atom is -0.508 e. The van der Waals surface area contributed by atoms with Crippen molar-refractivity contribution in [3.05, 3.63) is 45.7 Å². The summed E-state index contributed by atoms with van der Waals surface area (Å²) < 4.78 is 0. The number of aromatic hydroxyl groups is 2. The molecule has 0 spiro atoms. The Morgan fingerprint density at radius 1 is 1.22 bits per heavy atom. The third kappa shape index (κ3) is 2.82. The van der Waals surface area contributed by atoms with Crippen LogP contribution in [0.4, 0.5) is 0 Å². The van der Waals surface area contributed by atoms with Gasteiger partial charge in [0.15, 0.2) is 11.4 Å². The minimum absolute atomic E-state index is 0. The Kier molecular flexibility index (Phi) is 5.49. The maximum Gasteiger partial charge on any atom is 0.255 e. The van der Waals surface area contributed by atoms with Gasteiger partial charge in [-0.15, -0.1) is 0 Å². The summed E-state index contributed by atoms with van der Waals surface area (Å²) in [6, 6.07) is 3.00. The van der Waals surface area contributed by atoms with E-state index in [4.69, 9.17) is 17.3 Å². The summed E-state index contributed by atoms with van der Waals surface area (Å²) in [6.07, 6.45) is -0.113. The number of carbonyl (C=O) groups excluding carboxylic acids is 3. The number of nitrogens with two attached hydrogens (primary N) is 1. The molecule has 0 radical (unpaired) electrons. The monoisotopic (exact) mass is 462 g/mol. The number of fused-ring (bicyclic) bond motifs is 3. The number of amides is 1. The number of rotatable bonds is 2. The fourth-order valence-electron chi connectivity index (χ4n) is 4.75. The molecule has 2 aliphatic carbocycles. The third-order valence-electron chi connectivity index (χ3n) is 6.13. The lowest BCUT2D eigenvalue weighted by Crippen LogP contribution is -2.64. The molecule has 0 saturated carbocycles. The van der Waals surface area contributed by atoms with Crippen LogP contribution in [0.3, 0.4) is 0 Å². The molecule has 0 unspecified atom stereocenters. The van der Waals surface area contributed by atoms with E-state index in [2.05, 4.69) is 0 Å². The van der Waals surface area contributed by atoms with Crippen LogP contribution >= 0.6 is 11.6 Å². The average molecular weight is 463 g/mol. The summed E-state index contributed by atoms with van der Waals surface area (Å²) in [4.78, 5) is 39.7. The van der Waals surface area contributed by atoms with Crippen LogP contribution in [0.5, 0.6) is 11.5 Å². The van der Waals surface area contributed by atoms with Crippen molar-refractivity contribution in [2.75, 3.05) is 14.1 Å². The van der Waals surface area contributed by atoms with Gasteiger partial charge < -0.3 is 26.2 Å². The number of aliphatic hydroxyl groups excluding tert-OH is 1. The summed E-state index contributed by atoms with van der Waals surface area (Å²) >= 11 is 6.21. The first-order chi connectivity index (χ1) is 14.4. The predicted octanol–water partition coefficient (Wildman–Crippen LogP) is 1.44. The van der Waals surface area contributed by atoms with Crippen molar-refractivity contribution in [2.45, 2.75) is 25.5 Å². The predicted molar refractivity (Wildman–Crippen MR) is 117 cm³/mol. The van der Waals surface area contributed by atoms with Crippen LogP contribution in [0, 0.1) is 5.92 Å². The number of aliphatic hydroxyl groups is 2. The molecule has 3 atom stereocenters. The van der Waals surface area contributed by atoms with Gasteiger partial charge in [-0.1, -0.05) is 19.0 Å². The van der Waals surface area contributed by atoms with Gasteiger partial charge in [0.1, 0.15) is 22.8 Å². The molecule has 6 N–H and O–H groups in total. The second-order valence-electron chi connectivity index (χ2n) is 8.02. The van der Waals surface area contributed by atoms with Gasteiger partial charge in [-0.05, 0) is 44.3 Å². The highest BCUT2D eigenvalue weighted by Crippen LogP contribution is 2.50. The van der Waals surface area contributed by atoms with Gasteiger partial charge in [-0.25, -0.2) is 0 Å². The van der Waals surface area contributed by atoms with Crippen LogP contribution in [0.1, 0.15) is 23.3 Å². The molecule has 32 heavy (non-hydrogen) atoms. The smallest absolute Gasteiger partial charge is 0.255 e. The zero-order valence-corrected chi connectivity index (χ0v) is 17.3. The Morgan fingerprint density at radius 2 is 1.84 bits per heavy atom. The van der Waals surface area contributed by atoms with Crippen LogP contribution in [0.15, 0.2) is 29.5 Å². The number of phenolic OH excluding ortho intramolecular Hbond substituents is 2. The lowest BCUT2D eigenvalue weighted by Gasteiger charge is -2.47. The zero-order chi connectivity index (χ0) is 23.0. The van der Waals surface area contributed by atoms with Crippen molar-refractivity contribution < 1.29 is 34.8 Å². The van der Waals surface area contributed by atoms with Crippen molar-refractivity contribution in [3.8, 4) is 11.5 Å². The van der Waals surface area contributed by atoms with Crippen LogP contribution in [0.2, 0.25) is 5.02 Å². The number of hydrogen-bond acceptors (Lipinski definition) is 8. The Balaban J connectivity index is 0.00000289. The summed E-state index contributed by atoms with van der Waals surface area (Å²) in [6.45, 7) is 0. The molecule has 0 aliphatic heterocycles. The van der Waals surface area contributed by atoms with E-state index in [0.717, 1.165) is 0 Å². The maximum absolute atomic E-state index is 13.5. The molecule has 0 bridgehead atoms. The number of primary amides is 1. The van der Waals surface area contributed by atoms with E-state index >= 15 is 0 Å². The standard InChI is InChI=1S/C21H19ClN2O7.CH4/c1-24(2)15-9-6-7-5-8-10(22)3-4-11(25)13(8)16(26)12(7)18(28)21(9,31)19(29)14(17(15)27)20(23)30;/h3-5,9,15,25-26,29,31H,6H2,1-2H3,(H2,23,30);1H4/t9-,15-,21-;/m0./s1. The Bertz CT molecular complexity index is 1240. The van der Waals surface area contributed by atoms with Gasteiger partial charge in [-0.3, -0.25) is 19.3 Å². The van der Waals surface area contributed by atoms with Crippen molar-refractivity contribution in [2.24, 2.45) is 11.7 Å².